The van der Waals surface area contributed by atoms with Gasteiger partial charge in [0.1, 0.15) is 6.04 Å². The van der Waals surface area contributed by atoms with Crippen molar-refractivity contribution in [3.05, 3.63) is 29.8 Å². The molecular formula is C14H21NO4S. The first-order valence-electron chi connectivity index (χ1n) is 6.46. The fourth-order valence-corrected chi connectivity index (χ4v) is 2.84. The van der Waals surface area contributed by atoms with Crippen LogP contribution in [0.5, 0.6) is 0 Å². The first-order valence-corrected chi connectivity index (χ1v) is 7.94. The first-order chi connectivity index (χ1) is 9.10. The molecule has 1 atom stereocenters. The number of rotatable bonds is 6. The summed E-state index contributed by atoms with van der Waals surface area (Å²) in [6, 6.07) is 5.38. The Balaban J connectivity index is 3.02. The van der Waals surface area contributed by atoms with Crippen LogP contribution in [0, 0.1) is 0 Å². The standard InChI is InChI=1S/C14H21NO4S/c1-5-14(3,4)11-6-8-12(9-7-11)20(18,19)15-10(2)13(16)17/h6-10,15H,5H2,1-4H3,(H,16,17). The number of carboxylic acid groups (broad SMARTS) is 1. The van der Waals surface area contributed by atoms with E-state index < -0.39 is 22.0 Å². The number of nitrogens with one attached hydrogen (secondary N) is 1. The van der Waals surface area contributed by atoms with Crippen LogP contribution in [0.3, 0.4) is 0 Å². The summed E-state index contributed by atoms with van der Waals surface area (Å²) in [4.78, 5) is 10.8. The normalized spacial score (nSPS) is 14.0. The van der Waals surface area contributed by atoms with Crippen molar-refractivity contribution in [2.24, 2.45) is 0 Å². The molecule has 1 aromatic rings. The Morgan fingerprint density at radius 3 is 2.20 bits per heavy atom. The predicted octanol–water partition coefficient (Wildman–Crippen LogP) is 2.13. The minimum absolute atomic E-state index is 0.0237. The summed E-state index contributed by atoms with van der Waals surface area (Å²) in [5.74, 6) is -1.21. The van der Waals surface area contributed by atoms with Crippen LogP contribution in [0.1, 0.15) is 39.7 Å². The number of carboxylic acids is 1. The van der Waals surface area contributed by atoms with Gasteiger partial charge in [0.25, 0.3) is 0 Å². The highest BCUT2D eigenvalue weighted by Crippen LogP contribution is 2.27. The van der Waals surface area contributed by atoms with Gasteiger partial charge in [-0.15, -0.1) is 0 Å². The Bertz CT molecular complexity index is 576. The number of sulfonamides is 1. The van der Waals surface area contributed by atoms with Gasteiger partial charge in [-0.05, 0) is 36.5 Å². The van der Waals surface area contributed by atoms with Gasteiger partial charge >= 0.3 is 5.97 Å². The van der Waals surface area contributed by atoms with Crippen molar-refractivity contribution in [3.8, 4) is 0 Å². The Morgan fingerprint density at radius 2 is 1.80 bits per heavy atom. The van der Waals surface area contributed by atoms with Gasteiger partial charge in [0, 0.05) is 0 Å². The Kier molecular flexibility index (Phi) is 4.94. The van der Waals surface area contributed by atoms with E-state index in [0.717, 1.165) is 12.0 Å². The molecule has 112 valence electrons. The second-order valence-electron chi connectivity index (χ2n) is 5.44. The Hall–Kier alpha value is -1.40. The van der Waals surface area contributed by atoms with Crippen LogP contribution in [0.25, 0.3) is 0 Å². The predicted molar refractivity (Wildman–Crippen MR) is 77.2 cm³/mol. The lowest BCUT2D eigenvalue weighted by atomic mass is 9.82. The summed E-state index contributed by atoms with van der Waals surface area (Å²) in [5.41, 5.74) is 1.02. The lowest BCUT2D eigenvalue weighted by Gasteiger charge is -2.23. The zero-order chi connectivity index (χ0) is 15.6. The molecule has 0 aliphatic carbocycles. The summed E-state index contributed by atoms with van der Waals surface area (Å²) in [6.07, 6.45) is 0.938. The summed E-state index contributed by atoms with van der Waals surface area (Å²) in [7, 11) is -3.80. The van der Waals surface area contributed by atoms with Crippen molar-refractivity contribution in [1.82, 2.24) is 4.72 Å². The van der Waals surface area contributed by atoms with E-state index in [-0.39, 0.29) is 10.3 Å². The SMILES string of the molecule is CCC(C)(C)c1ccc(S(=O)(=O)NC(C)C(=O)O)cc1. The molecule has 0 aliphatic heterocycles. The fourth-order valence-electron chi connectivity index (χ4n) is 1.64. The number of hydrogen-bond acceptors (Lipinski definition) is 3. The third-order valence-corrected chi connectivity index (χ3v) is 5.09. The number of aliphatic carboxylic acids is 1. The van der Waals surface area contributed by atoms with E-state index in [1.54, 1.807) is 12.1 Å². The van der Waals surface area contributed by atoms with Gasteiger partial charge in [0.2, 0.25) is 10.0 Å². The number of benzene rings is 1. The molecule has 0 fully saturated rings. The van der Waals surface area contributed by atoms with Gasteiger partial charge < -0.3 is 5.11 Å². The average molecular weight is 299 g/mol. The molecule has 0 saturated carbocycles. The summed E-state index contributed by atoms with van der Waals surface area (Å²) in [5, 5.41) is 8.75. The van der Waals surface area contributed by atoms with Gasteiger partial charge in [-0.2, -0.15) is 4.72 Å². The molecular weight excluding hydrogens is 278 g/mol. The third kappa shape index (κ3) is 3.80. The molecule has 6 heteroatoms. The smallest absolute Gasteiger partial charge is 0.321 e. The van der Waals surface area contributed by atoms with Crippen LogP contribution in [0.15, 0.2) is 29.2 Å². The van der Waals surface area contributed by atoms with Gasteiger partial charge in [-0.1, -0.05) is 32.9 Å². The van der Waals surface area contributed by atoms with Crippen molar-refractivity contribution in [2.45, 2.75) is 50.5 Å². The molecule has 0 aromatic heterocycles. The van der Waals surface area contributed by atoms with E-state index in [1.807, 2.05) is 0 Å². The molecule has 5 nitrogen and oxygen atoms in total. The largest absolute Gasteiger partial charge is 0.480 e. The average Bonchev–Trinajstić information content (AvgIpc) is 2.38. The minimum Gasteiger partial charge on any atom is -0.480 e. The highest BCUT2D eigenvalue weighted by molar-refractivity contribution is 7.89. The molecule has 0 heterocycles. The summed E-state index contributed by atoms with van der Waals surface area (Å²) >= 11 is 0. The maximum absolute atomic E-state index is 12.0. The van der Waals surface area contributed by atoms with Crippen molar-refractivity contribution in [2.75, 3.05) is 0 Å². The van der Waals surface area contributed by atoms with E-state index in [1.165, 1.54) is 19.1 Å². The maximum Gasteiger partial charge on any atom is 0.321 e. The topological polar surface area (TPSA) is 83.5 Å². The van der Waals surface area contributed by atoms with Crippen molar-refractivity contribution in [1.29, 1.82) is 0 Å². The molecule has 0 saturated heterocycles. The highest BCUT2D eigenvalue weighted by Gasteiger charge is 2.23. The van der Waals surface area contributed by atoms with Crippen molar-refractivity contribution < 1.29 is 18.3 Å². The molecule has 0 spiro atoms. The van der Waals surface area contributed by atoms with Crippen molar-refractivity contribution in [3.63, 3.8) is 0 Å². The lowest BCUT2D eigenvalue weighted by Crippen LogP contribution is -2.38. The monoisotopic (exact) mass is 299 g/mol. The molecule has 0 amide bonds. The molecule has 0 aliphatic rings. The zero-order valence-corrected chi connectivity index (χ0v) is 13.0. The van der Waals surface area contributed by atoms with Gasteiger partial charge in [-0.3, -0.25) is 4.79 Å². The Morgan fingerprint density at radius 1 is 1.30 bits per heavy atom. The maximum atomic E-state index is 12.0. The highest BCUT2D eigenvalue weighted by atomic mass is 32.2. The van der Waals surface area contributed by atoms with Gasteiger partial charge in [0.15, 0.2) is 0 Å². The van der Waals surface area contributed by atoms with E-state index in [9.17, 15) is 13.2 Å². The quantitative estimate of drug-likeness (QED) is 0.843. The second-order valence-corrected chi connectivity index (χ2v) is 7.16. The van der Waals surface area contributed by atoms with Crippen LogP contribution in [0.2, 0.25) is 0 Å². The van der Waals surface area contributed by atoms with Crippen LogP contribution >= 0.6 is 0 Å². The van der Waals surface area contributed by atoms with E-state index in [4.69, 9.17) is 5.11 Å². The first kappa shape index (κ1) is 16.7. The van der Waals surface area contributed by atoms with Crippen LogP contribution < -0.4 is 4.72 Å². The van der Waals surface area contributed by atoms with Gasteiger partial charge in [-0.25, -0.2) is 8.42 Å². The van der Waals surface area contributed by atoms with E-state index in [2.05, 4.69) is 25.5 Å². The number of hydrogen-bond donors (Lipinski definition) is 2. The van der Waals surface area contributed by atoms with Crippen LogP contribution in [-0.4, -0.2) is 25.5 Å². The molecule has 0 radical (unpaired) electrons. The number of carbonyl (C=O) groups is 1. The molecule has 0 bridgehead atoms. The summed E-state index contributed by atoms with van der Waals surface area (Å²) in [6.45, 7) is 7.53. The summed E-state index contributed by atoms with van der Waals surface area (Å²) < 4.78 is 26.1. The molecule has 1 aromatic carbocycles. The fraction of sp³-hybridized carbons (Fsp3) is 0.500. The van der Waals surface area contributed by atoms with Crippen LogP contribution in [-0.2, 0) is 20.2 Å². The molecule has 2 N–H and O–H groups in total. The van der Waals surface area contributed by atoms with E-state index in [0.29, 0.717) is 0 Å². The lowest BCUT2D eigenvalue weighted by molar-refractivity contribution is -0.138. The van der Waals surface area contributed by atoms with Crippen molar-refractivity contribution >= 4 is 16.0 Å². The zero-order valence-electron chi connectivity index (χ0n) is 12.2. The molecule has 1 unspecified atom stereocenters. The third-order valence-electron chi connectivity index (χ3n) is 3.53. The molecule has 20 heavy (non-hydrogen) atoms. The molecule has 1 rings (SSSR count). The minimum atomic E-state index is -3.80. The Labute approximate surface area is 120 Å². The van der Waals surface area contributed by atoms with E-state index >= 15 is 0 Å². The van der Waals surface area contributed by atoms with Gasteiger partial charge in [0.05, 0.1) is 4.90 Å². The second kappa shape index (κ2) is 5.93. The van der Waals surface area contributed by atoms with Crippen LogP contribution in [0.4, 0.5) is 0 Å².